The first kappa shape index (κ1) is 27.7. The molecule has 2 N–H and O–H groups in total. The van der Waals surface area contributed by atoms with Crippen LogP contribution in [0, 0.1) is 30.2 Å². The van der Waals surface area contributed by atoms with Crippen molar-refractivity contribution in [1.82, 2.24) is 20.2 Å². The lowest BCUT2D eigenvalue weighted by atomic mass is 9.99. The molecule has 0 fully saturated rings. The smallest absolute Gasteiger partial charge is 0.274 e. The Kier molecular flexibility index (Phi) is 7.17. The highest BCUT2D eigenvalue weighted by atomic mass is 32.2. The zero-order valence-electron chi connectivity index (χ0n) is 21.3. The average molecular weight is 586 g/mol. The molecule has 3 aromatic heterocycles. The Morgan fingerprint density at radius 2 is 1.78 bits per heavy atom. The summed E-state index contributed by atoms with van der Waals surface area (Å²) in [5, 5.41) is 8.88. The molecular formula is C27H19F4N5O4S. The fourth-order valence-corrected chi connectivity index (χ4v) is 5.65. The first-order valence-corrected chi connectivity index (χ1v) is 13.5. The number of nitrogens with zero attached hydrogens (tertiary/aromatic N) is 3. The summed E-state index contributed by atoms with van der Waals surface area (Å²) in [4.78, 5) is 19.8. The molecule has 1 amide bonds. The monoisotopic (exact) mass is 585 g/mol. The molecule has 9 nitrogen and oxygen atoms in total. The summed E-state index contributed by atoms with van der Waals surface area (Å²) < 4.78 is 90.7. The van der Waals surface area contributed by atoms with Crippen molar-refractivity contribution in [2.24, 2.45) is 0 Å². The molecule has 0 bridgehead atoms. The number of aryl methyl sites for hydroxylation is 1. The Balaban J connectivity index is 1.52. The predicted octanol–water partition coefficient (Wildman–Crippen LogP) is 5.12. The maximum absolute atomic E-state index is 15.6. The van der Waals surface area contributed by atoms with Crippen LogP contribution in [-0.2, 0) is 15.6 Å². The van der Waals surface area contributed by atoms with Gasteiger partial charge in [0.05, 0.1) is 36.5 Å². The topological polar surface area (TPSA) is 127 Å². The molecule has 41 heavy (non-hydrogen) atoms. The lowest BCUT2D eigenvalue weighted by Crippen LogP contribution is -2.13. The van der Waals surface area contributed by atoms with Crippen molar-refractivity contribution in [3.8, 4) is 17.0 Å². The van der Waals surface area contributed by atoms with Crippen molar-refractivity contribution >= 4 is 32.3 Å². The summed E-state index contributed by atoms with van der Waals surface area (Å²) in [5.74, 6) is -6.74. The van der Waals surface area contributed by atoms with Gasteiger partial charge in [0.1, 0.15) is 33.6 Å². The second-order valence-electron chi connectivity index (χ2n) is 8.88. The number of halogens is 4. The number of carbonyl (C=O) groups excluding carboxylic acids is 1. The Labute approximate surface area is 230 Å². The van der Waals surface area contributed by atoms with Gasteiger partial charge in [0.2, 0.25) is 5.88 Å². The largest absolute Gasteiger partial charge is 0.480 e. The number of methoxy groups -OCH3 is 1. The minimum atomic E-state index is -4.44. The molecule has 210 valence electrons. The van der Waals surface area contributed by atoms with E-state index in [2.05, 4.69) is 25.5 Å². The Morgan fingerprint density at radius 1 is 1.00 bits per heavy atom. The van der Waals surface area contributed by atoms with E-state index >= 15 is 8.78 Å². The highest BCUT2D eigenvalue weighted by molar-refractivity contribution is 7.90. The van der Waals surface area contributed by atoms with Crippen LogP contribution in [0.1, 0.15) is 21.7 Å². The fourth-order valence-electron chi connectivity index (χ4n) is 4.17. The van der Waals surface area contributed by atoms with E-state index in [1.54, 1.807) is 19.1 Å². The van der Waals surface area contributed by atoms with Crippen LogP contribution in [0.5, 0.6) is 5.88 Å². The third kappa shape index (κ3) is 5.20. The number of anilines is 1. The lowest BCUT2D eigenvalue weighted by molar-refractivity contribution is 0.102. The molecule has 0 saturated heterocycles. The molecule has 0 spiro atoms. The average Bonchev–Trinajstić information content (AvgIpc) is 3.38. The van der Waals surface area contributed by atoms with Crippen molar-refractivity contribution in [2.75, 3.05) is 12.4 Å². The van der Waals surface area contributed by atoms with Gasteiger partial charge in [-0.05, 0) is 37.3 Å². The first-order valence-electron chi connectivity index (χ1n) is 11.8. The van der Waals surface area contributed by atoms with Crippen molar-refractivity contribution in [3.05, 3.63) is 95.1 Å². The lowest BCUT2D eigenvalue weighted by Gasteiger charge is -2.13. The number of H-pyrrole nitrogens is 1. The van der Waals surface area contributed by atoms with E-state index in [1.807, 2.05) is 0 Å². The number of fused-ring (bicyclic) bond motifs is 1. The molecule has 2 aromatic carbocycles. The van der Waals surface area contributed by atoms with Gasteiger partial charge in [-0.1, -0.05) is 12.1 Å². The maximum Gasteiger partial charge on any atom is 0.274 e. The molecule has 0 atom stereocenters. The Hall–Kier alpha value is -4.85. The molecule has 0 saturated carbocycles. The standard InChI is InChI=1S/C27H19F4N5O4S/c1-13-3-5-16(11-32-13)34-26(37)25-18-7-6-17(23(31)24(18)35-36-25)21-19(29)8-4-14(22(21)30)12-41(38,39)20-9-15(28)10-33-27(20)40-2/h3-11H,12H2,1-2H3,(H,34,37)(H,35,36). The number of amides is 1. The van der Waals surface area contributed by atoms with Crippen molar-refractivity contribution in [1.29, 1.82) is 0 Å². The number of aromatic amines is 1. The van der Waals surface area contributed by atoms with E-state index in [0.717, 1.165) is 37.2 Å². The van der Waals surface area contributed by atoms with Gasteiger partial charge in [0.15, 0.2) is 15.7 Å². The van der Waals surface area contributed by atoms with Gasteiger partial charge >= 0.3 is 0 Å². The van der Waals surface area contributed by atoms with E-state index in [1.165, 1.54) is 12.3 Å². The highest BCUT2D eigenvalue weighted by Crippen LogP contribution is 2.35. The minimum Gasteiger partial charge on any atom is -0.480 e. The van der Waals surface area contributed by atoms with Crippen LogP contribution in [-0.4, -0.2) is 41.6 Å². The van der Waals surface area contributed by atoms with E-state index in [0.29, 0.717) is 11.8 Å². The molecule has 0 aliphatic carbocycles. The third-order valence-corrected chi connectivity index (χ3v) is 7.81. The van der Waals surface area contributed by atoms with Gasteiger partial charge in [0, 0.05) is 22.2 Å². The fraction of sp³-hybridized carbons (Fsp3) is 0.111. The molecule has 0 aliphatic heterocycles. The van der Waals surface area contributed by atoms with Gasteiger partial charge in [0.25, 0.3) is 5.91 Å². The van der Waals surface area contributed by atoms with Crippen LogP contribution in [0.3, 0.4) is 0 Å². The van der Waals surface area contributed by atoms with Crippen LogP contribution < -0.4 is 10.1 Å². The van der Waals surface area contributed by atoms with Crippen LogP contribution in [0.2, 0.25) is 0 Å². The summed E-state index contributed by atoms with van der Waals surface area (Å²) >= 11 is 0. The minimum absolute atomic E-state index is 0.0362. The Bertz CT molecular complexity index is 1930. The molecule has 5 rings (SSSR count). The Morgan fingerprint density at radius 3 is 2.49 bits per heavy atom. The maximum atomic E-state index is 15.6. The predicted molar refractivity (Wildman–Crippen MR) is 140 cm³/mol. The number of sulfone groups is 1. The summed E-state index contributed by atoms with van der Waals surface area (Å²) in [6.07, 6.45) is 2.18. The van der Waals surface area contributed by atoms with E-state index < -0.39 is 72.2 Å². The number of carbonyl (C=O) groups is 1. The van der Waals surface area contributed by atoms with Gasteiger partial charge in [-0.15, -0.1) is 0 Å². The highest BCUT2D eigenvalue weighted by Gasteiger charge is 2.28. The summed E-state index contributed by atoms with van der Waals surface area (Å²) in [6.45, 7) is 1.77. The normalized spacial score (nSPS) is 11.6. The molecule has 5 aromatic rings. The summed E-state index contributed by atoms with van der Waals surface area (Å²) in [6, 6.07) is 7.95. The third-order valence-electron chi connectivity index (χ3n) is 6.16. The number of pyridine rings is 2. The number of hydrogen-bond acceptors (Lipinski definition) is 7. The number of nitrogens with one attached hydrogen (secondary N) is 2. The van der Waals surface area contributed by atoms with Crippen LogP contribution in [0.25, 0.3) is 22.0 Å². The van der Waals surface area contributed by atoms with E-state index in [4.69, 9.17) is 4.74 Å². The van der Waals surface area contributed by atoms with E-state index in [-0.39, 0.29) is 16.6 Å². The van der Waals surface area contributed by atoms with Crippen LogP contribution in [0.15, 0.2) is 59.8 Å². The number of hydrogen-bond donors (Lipinski definition) is 2. The second kappa shape index (κ2) is 10.6. The van der Waals surface area contributed by atoms with Crippen molar-refractivity contribution < 1.29 is 35.5 Å². The molecule has 0 radical (unpaired) electrons. The zero-order valence-corrected chi connectivity index (χ0v) is 22.1. The molecule has 0 aliphatic rings. The van der Waals surface area contributed by atoms with Gasteiger partial charge in [-0.2, -0.15) is 5.10 Å². The number of benzene rings is 2. The number of ether oxygens (including phenoxy) is 1. The van der Waals surface area contributed by atoms with Crippen molar-refractivity contribution in [3.63, 3.8) is 0 Å². The summed E-state index contributed by atoms with van der Waals surface area (Å²) in [7, 11) is -3.32. The first-order chi connectivity index (χ1) is 19.5. The zero-order chi connectivity index (χ0) is 29.5. The molecule has 14 heteroatoms. The SMILES string of the molecule is COc1ncc(F)cc1S(=O)(=O)Cc1ccc(F)c(-c2ccc3c(C(=O)Nc4ccc(C)nc4)[nH]nc3c2F)c1F. The van der Waals surface area contributed by atoms with Gasteiger partial charge in [-0.3, -0.25) is 14.9 Å². The second-order valence-corrected chi connectivity index (χ2v) is 10.8. The van der Waals surface area contributed by atoms with E-state index in [9.17, 15) is 22.0 Å². The molecular weight excluding hydrogens is 566 g/mol. The van der Waals surface area contributed by atoms with Crippen LogP contribution in [0.4, 0.5) is 23.2 Å². The van der Waals surface area contributed by atoms with Gasteiger partial charge in [-0.25, -0.2) is 31.0 Å². The number of aromatic nitrogens is 4. The summed E-state index contributed by atoms with van der Waals surface area (Å²) in [5.41, 5.74) is -1.29. The van der Waals surface area contributed by atoms with Crippen molar-refractivity contribution in [2.45, 2.75) is 17.6 Å². The van der Waals surface area contributed by atoms with Gasteiger partial charge < -0.3 is 10.1 Å². The quantitative estimate of drug-likeness (QED) is 0.254. The molecule has 0 unspecified atom stereocenters. The molecule has 3 heterocycles. The number of rotatable bonds is 7. The van der Waals surface area contributed by atoms with Crippen LogP contribution >= 0.6 is 0 Å².